The molecule has 1 heterocycles. The van der Waals surface area contributed by atoms with Crippen LogP contribution >= 0.6 is 11.3 Å². The molecule has 2 N–H and O–H groups in total. The van der Waals surface area contributed by atoms with Gasteiger partial charge in [0, 0.05) is 10.9 Å². The summed E-state index contributed by atoms with van der Waals surface area (Å²) in [6.45, 7) is 7.10. The molecule has 0 amide bonds. The molecule has 0 aliphatic carbocycles. The number of hydrogen-bond donors (Lipinski definition) is 1. The molecular formula is C16H22N2O2S. The second kappa shape index (κ2) is 7.43. The summed E-state index contributed by atoms with van der Waals surface area (Å²) in [7, 11) is 0. The first-order valence-electron chi connectivity index (χ1n) is 7.24. The topological polar surface area (TPSA) is 57.4 Å². The van der Waals surface area contributed by atoms with Crippen LogP contribution in [0.15, 0.2) is 24.3 Å². The van der Waals surface area contributed by atoms with Gasteiger partial charge in [-0.05, 0) is 32.4 Å². The third-order valence-corrected chi connectivity index (χ3v) is 4.29. The lowest BCUT2D eigenvalue weighted by molar-refractivity contribution is 0.269. The second-order valence-electron chi connectivity index (χ2n) is 4.73. The number of nitrogens with two attached hydrogens (primary N) is 1. The third kappa shape index (κ3) is 3.95. The quantitative estimate of drug-likeness (QED) is 0.847. The van der Waals surface area contributed by atoms with Crippen molar-refractivity contribution in [2.24, 2.45) is 5.73 Å². The number of ether oxygens (including phenoxy) is 2. The molecule has 0 spiro atoms. The lowest BCUT2D eigenvalue weighted by Crippen LogP contribution is -2.05. The van der Waals surface area contributed by atoms with Gasteiger partial charge in [-0.1, -0.05) is 19.1 Å². The average molecular weight is 306 g/mol. The van der Waals surface area contributed by atoms with Crippen LogP contribution in [-0.4, -0.2) is 11.6 Å². The number of rotatable bonds is 7. The van der Waals surface area contributed by atoms with Gasteiger partial charge in [0.25, 0.3) is 0 Å². The largest absolute Gasteiger partial charge is 0.490 e. The first kappa shape index (κ1) is 15.8. The average Bonchev–Trinajstić information content (AvgIpc) is 2.90. The molecule has 0 saturated heterocycles. The molecule has 0 radical (unpaired) electrons. The Morgan fingerprint density at radius 2 is 1.86 bits per heavy atom. The summed E-state index contributed by atoms with van der Waals surface area (Å²) in [5.41, 5.74) is 7.06. The van der Waals surface area contributed by atoms with E-state index in [-0.39, 0.29) is 6.04 Å². The van der Waals surface area contributed by atoms with Crippen LogP contribution in [0.4, 0.5) is 0 Å². The van der Waals surface area contributed by atoms with Gasteiger partial charge in [0.2, 0.25) is 0 Å². The van der Waals surface area contributed by atoms with E-state index in [1.165, 1.54) is 0 Å². The number of hydrogen-bond acceptors (Lipinski definition) is 5. The molecule has 0 fully saturated rings. The Morgan fingerprint density at radius 1 is 1.19 bits per heavy atom. The molecule has 0 aliphatic heterocycles. The Bertz CT molecular complexity index is 581. The van der Waals surface area contributed by atoms with Crippen molar-refractivity contribution in [1.29, 1.82) is 0 Å². The van der Waals surface area contributed by atoms with Crippen LogP contribution in [-0.2, 0) is 13.0 Å². The van der Waals surface area contributed by atoms with E-state index in [1.54, 1.807) is 11.3 Å². The van der Waals surface area contributed by atoms with Crippen LogP contribution in [0.1, 0.15) is 42.4 Å². The summed E-state index contributed by atoms with van der Waals surface area (Å²) in [4.78, 5) is 5.76. The standard InChI is InChI=1S/C16H22N2O2S/c1-4-12-16(11(3)17)21-15(18-12)10-20-14-9-7-6-8-13(14)19-5-2/h6-9,11H,4-5,10,17H2,1-3H3. The SMILES string of the molecule is CCOc1ccccc1OCc1nc(CC)c(C(C)N)s1. The highest BCUT2D eigenvalue weighted by atomic mass is 32.1. The second-order valence-corrected chi connectivity index (χ2v) is 5.84. The van der Waals surface area contributed by atoms with Crippen molar-refractivity contribution in [3.8, 4) is 11.5 Å². The Balaban J connectivity index is 2.10. The maximum absolute atomic E-state index is 5.98. The summed E-state index contributed by atoms with van der Waals surface area (Å²) >= 11 is 1.63. The molecule has 114 valence electrons. The van der Waals surface area contributed by atoms with Gasteiger partial charge in [-0.2, -0.15) is 0 Å². The van der Waals surface area contributed by atoms with Gasteiger partial charge in [-0.3, -0.25) is 0 Å². The van der Waals surface area contributed by atoms with Crippen molar-refractivity contribution in [1.82, 2.24) is 4.98 Å². The summed E-state index contributed by atoms with van der Waals surface area (Å²) in [6, 6.07) is 7.70. The number of nitrogens with zero attached hydrogens (tertiary/aromatic N) is 1. The number of benzene rings is 1. The zero-order chi connectivity index (χ0) is 15.2. The zero-order valence-corrected chi connectivity index (χ0v) is 13.6. The molecule has 1 atom stereocenters. The summed E-state index contributed by atoms with van der Waals surface area (Å²) < 4.78 is 11.4. The van der Waals surface area contributed by atoms with Gasteiger partial charge < -0.3 is 15.2 Å². The van der Waals surface area contributed by atoms with E-state index in [1.807, 2.05) is 38.1 Å². The van der Waals surface area contributed by atoms with E-state index in [0.717, 1.165) is 33.5 Å². The smallest absolute Gasteiger partial charge is 0.161 e. The lowest BCUT2D eigenvalue weighted by Gasteiger charge is -2.10. The van der Waals surface area contributed by atoms with E-state index in [0.29, 0.717) is 13.2 Å². The van der Waals surface area contributed by atoms with Crippen molar-refractivity contribution >= 4 is 11.3 Å². The Hall–Kier alpha value is -1.59. The molecule has 1 aromatic carbocycles. The van der Waals surface area contributed by atoms with Crippen LogP contribution in [0.2, 0.25) is 0 Å². The van der Waals surface area contributed by atoms with Gasteiger partial charge in [0.15, 0.2) is 11.5 Å². The Kier molecular flexibility index (Phi) is 5.59. The molecule has 5 heteroatoms. The first-order valence-corrected chi connectivity index (χ1v) is 8.06. The van der Waals surface area contributed by atoms with Crippen LogP contribution in [0.25, 0.3) is 0 Å². The predicted octanol–water partition coefficient (Wildman–Crippen LogP) is 3.70. The van der Waals surface area contributed by atoms with Crippen molar-refractivity contribution in [2.45, 2.75) is 39.8 Å². The van der Waals surface area contributed by atoms with Crippen molar-refractivity contribution < 1.29 is 9.47 Å². The molecule has 1 unspecified atom stereocenters. The van der Waals surface area contributed by atoms with Crippen molar-refractivity contribution in [3.05, 3.63) is 39.8 Å². The molecule has 21 heavy (non-hydrogen) atoms. The van der Waals surface area contributed by atoms with E-state index in [2.05, 4.69) is 11.9 Å². The van der Waals surface area contributed by atoms with Gasteiger partial charge in [-0.25, -0.2) is 4.98 Å². The highest BCUT2D eigenvalue weighted by molar-refractivity contribution is 7.11. The summed E-state index contributed by atoms with van der Waals surface area (Å²) in [5.74, 6) is 1.51. The van der Waals surface area contributed by atoms with Crippen LogP contribution in [0.3, 0.4) is 0 Å². The van der Waals surface area contributed by atoms with Crippen LogP contribution < -0.4 is 15.2 Å². The van der Waals surface area contributed by atoms with Crippen molar-refractivity contribution in [3.63, 3.8) is 0 Å². The maximum atomic E-state index is 5.98. The van der Waals surface area contributed by atoms with Gasteiger partial charge in [-0.15, -0.1) is 11.3 Å². The molecule has 1 aromatic heterocycles. The molecule has 2 aromatic rings. The minimum Gasteiger partial charge on any atom is -0.490 e. The van der Waals surface area contributed by atoms with Crippen LogP contribution in [0.5, 0.6) is 11.5 Å². The molecule has 0 bridgehead atoms. The first-order chi connectivity index (χ1) is 10.2. The van der Waals surface area contributed by atoms with Crippen molar-refractivity contribution in [2.75, 3.05) is 6.61 Å². The molecule has 0 aliphatic rings. The van der Waals surface area contributed by atoms with E-state index in [4.69, 9.17) is 15.2 Å². The monoisotopic (exact) mass is 306 g/mol. The fourth-order valence-electron chi connectivity index (χ4n) is 2.07. The fraction of sp³-hybridized carbons (Fsp3) is 0.438. The summed E-state index contributed by atoms with van der Waals surface area (Å²) in [6.07, 6.45) is 0.892. The minimum absolute atomic E-state index is 0.0157. The highest BCUT2D eigenvalue weighted by Gasteiger charge is 2.14. The third-order valence-electron chi connectivity index (χ3n) is 3.02. The zero-order valence-electron chi connectivity index (χ0n) is 12.8. The molecule has 4 nitrogen and oxygen atoms in total. The number of thiazole rings is 1. The van der Waals surface area contributed by atoms with Crippen LogP contribution in [0, 0.1) is 0 Å². The van der Waals surface area contributed by atoms with E-state index >= 15 is 0 Å². The number of aryl methyl sites for hydroxylation is 1. The summed E-state index contributed by atoms with van der Waals surface area (Å²) in [5, 5.41) is 0.949. The maximum Gasteiger partial charge on any atom is 0.161 e. The predicted molar refractivity (Wildman–Crippen MR) is 86.0 cm³/mol. The lowest BCUT2D eigenvalue weighted by atomic mass is 10.2. The molecule has 2 rings (SSSR count). The Labute approximate surface area is 129 Å². The number of aromatic nitrogens is 1. The molecular weight excluding hydrogens is 284 g/mol. The van der Waals surface area contributed by atoms with Gasteiger partial charge in [0.1, 0.15) is 11.6 Å². The number of para-hydroxylation sites is 2. The van der Waals surface area contributed by atoms with Gasteiger partial charge in [0.05, 0.1) is 12.3 Å². The van der Waals surface area contributed by atoms with Gasteiger partial charge >= 0.3 is 0 Å². The normalized spacial score (nSPS) is 12.2. The van der Waals surface area contributed by atoms with E-state index in [9.17, 15) is 0 Å². The highest BCUT2D eigenvalue weighted by Crippen LogP contribution is 2.29. The minimum atomic E-state index is 0.0157. The molecule has 0 saturated carbocycles. The van der Waals surface area contributed by atoms with E-state index < -0.39 is 0 Å². The fourth-order valence-corrected chi connectivity index (χ4v) is 3.09. The Morgan fingerprint density at radius 3 is 2.38 bits per heavy atom.